The molecule has 6 nitrogen and oxygen atoms in total. The summed E-state index contributed by atoms with van der Waals surface area (Å²) >= 11 is 0. The molecule has 112 valence electrons. The van der Waals surface area contributed by atoms with Crippen LogP contribution in [0.4, 0.5) is 5.69 Å². The second-order valence-corrected chi connectivity index (χ2v) is 4.95. The predicted octanol–water partition coefficient (Wildman–Crippen LogP) is 2.63. The fourth-order valence-electron chi connectivity index (χ4n) is 2.27. The van der Waals surface area contributed by atoms with Gasteiger partial charge in [0.15, 0.2) is 5.76 Å². The first-order valence-corrected chi connectivity index (χ1v) is 6.80. The van der Waals surface area contributed by atoms with Crippen LogP contribution < -0.4 is 11.0 Å². The van der Waals surface area contributed by atoms with Crippen molar-refractivity contribution in [3.8, 4) is 5.69 Å². The van der Waals surface area contributed by atoms with Gasteiger partial charge < -0.3 is 14.7 Å². The van der Waals surface area contributed by atoms with Crippen molar-refractivity contribution in [3.05, 3.63) is 70.3 Å². The molecule has 0 aliphatic rings. The number of hydrogen-bond acceptors (Lipinski definition) is 3. The van der Waals surface area contributed by atoms with E-state index in [-0.39, 0.29) is 17.4 Å². The number of aromatic nitrogens is 2. The molecule has 0 bridgehead atoms. The van der Waals surface area contributed by atoms with Crippen LogP contribution in [0.3, 0.4) is 0 Å². The maximum atomic E-state index is 12.2. The van der Waals surface area contributed by atoms with Gasteiger partial charge in [-0.3, -0.25) is 9.36 Å². The van der Waals surface area contributed by atoms with E-state index in [0.717, 1.165) is 5.69 Å². The van der Waals surface area contributed by atoms with E-state index >= 15 is 0 Å². The van der Waals surface area contributed by atoms with Crippen molar-refractivity contribution in [1.82, 2.24) is 9.55 Å². The number of amides is 1. The van der Waals surface area contributed by atoms with Crippen molar-refractivity contribution in [2.75, 3.05) is 5.32 Å². The van der Waals surface area contributed by atoms with Crippen molar-refractivity contribution < 1.29 is 9.21 Å². The second kappa shape index (κ2) is 5.40. The number of anilines is 1. The first-order valence-electron chi connectivity index (χ1n) is 6.80. The van der Waals surface area contributed by atoms with Crippen LogP contribution in [0.5, 0.6) is 0 Å². The zero-order chi connectivity index (χ0) is 15.7. The highest BCUT2D eigenvalue weighted by atomic mass is 16.3. The minimum Gasteiger partial charge on any atom is -0.456 e. The first-order chi connectivity index (χ1) is 10.6. The molecule has 0 radical (unpaired) electrons. The summed E-state index contributed by atoms with van der Waals surface area (Å²) in [6, 6.07) is 10.4. The number of rotatable bonds is 3. The molecule has 1 amide bonds. The Hall–Kier alpha value is -3.02. The highest BCUT2D eigenvalue weighted by Gasteiger charge is 2.14. The first kappa shape index (κ1) is 13.9. The summed E-state index contributed by atoms with van der Waals surface area (Å²) in [4.78, 5) is 26.8. The lowest BCUT2D eigenvalue weighted by atomic mass is 10.2. The molecule has 0 saturated heterocycles. The highest BCUT2D eigenvalue weighted by Crippen LogP contribution is 2.21. The third kappa shape index (κ3) is 2.46. The van der Waals surface area contributed by atoms with Crippen molar-refractivity contribution in [2.45, 2.75) is 13.8 Å². The van der Waals surface area contributed by atoms with Gasteiger partial charge in [0.2, 0.25) is 0 Å². The summed E-state index contributed by atoms with van der Waals surface area (Å²) in [6.45, 7) is 3.58. The second-order valence-electron chi connectivity index (χ2n) is 4.95. The molecule has 2 aromatic heterocycles. The summed E-state index contributed by atoms with van der Waals surface area (Å²) in [5.74, 6) is 0.531. The number of nitrogens with one attached hydrogen (secondary N) is 2. The molecule has 2 heterocycles. The number of furan rings is 1. The Bertz CT molecular complexity index is 886. The number of H-pyrrole nitrogens is 1. The number of imidazole rings is 1. The van der Waals surface area contributed by atoms with E-state index in [2.05, 4.69) is 10.3 Å². The van der Waals surface area contributed by atoms with Crippen LogP contribution in [0.1, 0.15) is 22.0 Å². The lowest BCUT2D eigenvalue weighted by Gasteiger charge is -2.11. The van der Waals surface area contributed by atoms with Crippen molar-refractivity contribution in [2.24, 2.45) is 0 Å². The van der Waals surface area contributed by atoms with E-state index in [4.69, 9.17) is 4.42 Å². The van der Waals surface area contributed by atoms with Gasteiger partial charge in [-0.1, -0.05) is 12.1 Å². The molecule has 2 N–H and O–H groups in total. The lowest BCUT2D eigenvalue weighted by Crippen LogP contribution is -2.19. The van der Waals surface area contributed by atoms with Crippen LogP contribution in [-0.4, -0.2) is 15.5 Å². The largest absolute Gasteiger partial charge is 0.456 e. The van der Waals surface area contributed by atoms with Crippen LogP contribution in [0, 0.1) is 13.8 Å². The molecule has 3 aromatic rings. The maximum Gasteiger partial charge on any atom is 0.330 e. The van der Waals surface area contributed by atoms with Gasteiger partial charge in [-0.25, -0.2) is 4.79 Å². The molecule has 22 heavy (non-hydrogen) atoms. The van der Waals surface area contributed by atoms with Gasteiger partial charge in [0, 0.05) is 11.9 Å². The van der Waals surface area contributed by atoms with Gasteiger partial charge in [-0.05, 0) is 38.1 Å². The average molecular weight is 297 g/mol. The van der Waals surface area contributed by atoms with E-state index < -0.39 is 0 Å². The molecular formula is C16H15N3O3. The van der Waals surface area contributed by atoms with E-state index in [1.807, 2.05) is 6.92 Å². The lowest BCUT2D eigenvalue weighted by molar-refractivity contribution is 0.0995. The third-order valence-corrected chi connectivity index (χ3v) is 3.32. The van der Waals surface area contributed by atoms with Gasteiger partial charge in [-0.2, -0.15) is 0 Å². The number of carbonyl (C=O) groups excluding carboxylic acids is 1. The van der Waals surface area contributed by atoms with Crippen LogP contribution in [0.2, 0.25) is 0 Å². The highest BCUT2D eigenvalue weighted by molar-refractivity contribution is 6.03. The van der Waals surface area contributed by atoms with Crippen molar-refractivity contribution in [3.63, 3.8) is 0 Å². The molecule has 0 fully saturated rings. The quantitative estimate of drug-likeness (QED) is 0.780. The molecule has 1 aromatic carbocycles. The van der Waals surface area contributed by atoms with Crippen molar-refractivity contribution >= 4 is 11.6 Å². The van der Waals surface area contributed by atoms with Gasteiger partial charge in [0.25, 0.3) is 5.91 Å². The fraction of sp³-hybridized carbons (Fsp3) is 0.125. The standard InChI is InChI=1S/C16H15N3O3/c1-10-9-17-16(21)19(10)13-6-4-3-5-12(13)18-15(20)14-8-7-11(2)22-14/h3-9H,1-2H3,(H,17,21)(H,18,20). The fourth-order valence-corrected chi connectivity index (χ4v) is 2.27. The molecule has 0 spiro atoms. The predicted molar refractivity (Wildman–Crippen MR) is 82.5 cm³/mol. The Morgan fingerprint density at radius 1 is 1.18 bits per heavy atom. The average Bonchev–Trinajstić information content (AvgIpc) is 3.06. The molecule has 0 aliphatic carbocycles. The third-order valence-electron chi connectivity index (χ3n) is 3.32. The zero-order valence-corrected chi connectivity index (χ0v) is 12.2. The zero-order valence-electron chi connectivity index (χ0n) is 12.2. The number of aryl methyl sites for hydroxylation is 2. The summed E-state index contributed by atoms with van der Waals surface area (Å²) in [6.07, 6.45) is 1.62. The molecule has 0 aliphatic heterocycles. The van der Waals surface area contributed by atoms with E-state index in [1.165, 1.54) is 4.57 Å². The van der Waals surface area contributed by atoms with Crippen LogP contribution >= 0.6 is 0 Å². The minimum absolute atomic E-state index is 0.227. The Morgan fingerprint density at radius 2 is 1.95 bits per heavy atom. The Labute approximate surface area is 126 Å². The van der Waals surface area contributed by atoms with E-state index in [9.17, 15) is 9.59 Å². The SMILES string of the molecule is Cc1ccc(C(=O)Nc2ccccc2-n2c(C)c[nH]c2=O)o1. The Morgan fingerprint density at radius 3 is 2.59 bits per heavy atom. The molecule has 0 atom stereocenters. The maximum absolute atomic E-state index is 12.2. The smallest absolute Gasteiger partial charge is 0.330 e. The molecular weight excluding hydrogens is 282 g/mol. The van der Waals surface area contributed by atoms with Gasteiger partial charge >= 0.3 is 5.69 Å². The van der Waals surface area contributed by atoms with E-state index in [0.29, 0.717) is 17.1 Å². The minimum atomic E-state index is -0.359. The normalized spacial score (nSPS) is 10.6. The number of nitrogens with zero attached hydrogens (tertiary/aromatic N) is 1. The summed E-state index contributed by atoms with van der Waals surface area (Å²) in [7, 11) is 0. The van der Waals surface area contributed by atoms with E-state index in [1.54, 1.807) is 49.5 Å². The number of hydrogen-bond donors (Lipinski definition) is 2. The van der Waals surface area contributed by atoms with Crippen LogP contribution in [0.15, 0.2) is 51.8 Å². The number of carbonyl (C=O) groups is 1. The molecule has 6 heteroatoms. The van der Waals surface area contributed by atoms with Gasteiger partial charge in [0.1, 0.15) is 5.76 Å². The Balaban J connectivity index is 1.99. The number of para-hydroxylation sites is 2. The van der Waals surface area contributed by atoms with Crippen molar-refractivity contribution in [1.29, 1.82) is 0 Å². The monoisotopic (exact) mass is 297 g/mol. The summed E-state index contributed by atoms with van der Waals surface area (Å²) in [5, 5.41) is 2.78. The topological polar surface area (TPSA) is 80.0 Å². The Kier molecular flexibility index (Phi) is 3.42. The molecule has 0 saturated carbocycles. The molecule has 0 unspecified atom stereocenters. The van der Waals surface area contributed by atoms with Gasteiger partial charge in [-0.15, -0.1) is 0 Å². The number of aromatic amines is 1. The van der Waals surface area contributed by atoms with Crippen LogP contribution in [0.25, 0.3) is 5.69 Å². The summed E-state index contributed by atoms with van der Waals surface area (Å²) in [5.41, 5.74) is 1.63. The molecule has 3 rings (SSSR count). The number of benzene rings is 1. The van der Waals surface area contributed by atoms with Crippen LogP contribution in [-0.2, 0) is 0 Å². The summed E-state index contributed by atoms with van der Waals surface area (Å²) < 4.78 is 6.81. The van der Waals surface area contributed by atoms with Gasteiger partial charge in [0.05, 0.1) is 11.4 Å².